The maximum absolute atomic E-state index is 14.3. The summed E-state index contributed by atoms with van der Waals surface area (Å²) >= 11 is 0. The van der Waals surface area contributed by atoms with Crippen LogP contribution in [0.25, 0.3) is 10.9 Å². The Morgan fingerprint density at radius 2 is 1.78 bits per heavy atom. The van der Waals surface area contributed by atoms with Crippen molar-refractivity contribution in [2.45, 2.75) is 38.6 Å². The molecule has 6 rings (SSSR count). The lowest BCUT2D eigenvalue weighted by atomic mass is 9.98. The lowest BCUT2D eigenvalue weighted by molar-refractivity contribution is -0.189. The molecule has 3 heterocycles. The minimum Gasteiger partial charge on any atom is -0.508 e. The van der Waals surface area contributed by atoms with Crippen LogP contribution in [0.1, 0.15) is 34.0 Å². The van der Waals surface area contributed by atoms with Gasteiger partial charge in [-0.1, -0.05) is 66.7 Å². The number of aromatic hydroxyl groups is 1. The molecule has 236 valence electrons. The smallest absolute Gasteiger partial charge is 0.334 e. The number of aromatic amines is 1. The fraction of sp³-hybridized carbons (Fsp3) is 0.257. The number of hydrogen-bond donors (Lipinski definition) is 3. The van der Waals surface area contributed by atoms with Crippen LogP contribution in [0.15, 0.2) is 91.6 Å². The van der Waals surface area contributed by atoms with Crippen molar-refractivity contribution in [3.63, 3.8) is 0 Å². The monoisotopic (exact) mass is 620 g/mol. The number of hydrogen-bond acceptors (Lipinski definition) is 6. The minimum atomic E-state index is -0.901. The zero-order chi connectivity index (χ0) is 32.4. The number of phenolic OH excluding ortho intramolecular Hbond substituents is 1. The maximum atomic E-state index is 14.3. The number of amides is 4. The van der Waals surface area contributed by atoms with Gasteiger partial charge < -0.3 is 25.2 Å². The molecule has 4 aromatic rings. The molecule has 2 fully saturated rings. The van der Waals surface area contributed by atoms with E-state index in [2.05, 4.69) is 16.9 Å². The Labute approximate surface area is 266 Å². The standard InChI is InChI=1S/C35H36N6O5/c1-3-16-39-22-32(44)40-30(17-24-12-14-27(43)15-13-24)34(45)38(20-26-10-7-11-28-29(23(2)42)19-36-33(26)28)21-31(40)41(39)35(46)37-18-25-8-5-4-6-9-25/h3-15,19,30-31,36,43H,1,16-18,20-22H2,2H3,(H,37,46)/t30-,31-/m0/s1. The van der Waals surface area contributed by atoms with Gasteiger partial charge in [0.1, 0.15) is 18.0 Å². The maximum Gasteiger partial charge on any atom is 0.334 e. The summed E-state index contributed by atoms with van der Waals surface area (Å²) in [4.78, 5) is 60.7. The molecule has 2 atom stereocenters. The first-order valence-electron chi connectivity index (χ1n) is 15.2. The van der Waals surface area contributed by atoms with Crippen LogP contribution in [-0.4, -0.2) is 85.4 Å². The number of fused-ring (bicyclic) bond motifs is 2. The number of carbonyl (C=O) groups excluding carboxylic acids is 4. The normalized spacial score (nSPS) is 18.5. The zero-order valence-electron chi connectivity index (χ0n) is 25.6. The Morgan fingerprint density at radius 3 is 2.50 bits per heavy atom. The molecule has 46 heavy (non-hydrogen) atoms. The van der Waals surface area contributed by atoms with Gasteiger partial charge in [-0.15, -0.1) is 6.58 Å². The average Bonchev–Trinajstić information content (AvgIpc) is 3.49. The molecule has 3 N–H and O–H groups in total. The third kappa shape index (κ3) is 5.96. The second-order valence-electron chi connectivity index (χ2n) is 11.6. The van der Waals surface area contributed by atoms with Gasteiger partial charge in [0.15, 0.2) is 5.78 Å². The number of urea groups is 1. The van der Waals surface area contributed by atoms with Gasteiger partial charge in [-0.3, -0.25) is 14.4 Å². The van der Waals surface area contributed by atoms with Crippen LogP contribution in [-0.2, 0) is 29.1 Å². The second kappa shape index (κ2) is 12.9. The molecule has 2 aliphatic heterocycles. The van der Waals surface area contributed by atoms with Crippen molar-refractivity contribution < 1.29 is 24.3 Å². The lowest BCUT2D eigenvalue weighted by Gasteiger charge is -2.55. The SMILES string of the molecule is C=CCN1CC(=O)N2[C@@H](Cc3ccc(O)cc3)C(=O)N(Cc3cccc4c(C(C)=O)c[nH]c34)C[C@@H]2N1C(=O)NCc1ccccc1. The van der Waals surface area contributed by atoms with Crippen molar-refractivity contribution in [3.05, 3.63) is 114 Å². The number of rotatable bonds is 9. The topological polar surface area (TPSA) is 129 Å². The van der Waals surface area contributed by atoms with Gasteiger partial charge in [-0.25, -0.2) is 14.8 Å². The Balaban J connectivity index is 1.37. The first kappa shape index (κ1) is 30.6. The summed E-state index contributed by atoms with van der Waals surface area (Å²) in [7, 11) is 0. The van der Waals surface area contributed by atoms with Crippen LogP contribution in [0.2, 0.25) is 0 Å². The number of benzene rings is 3. The molecule has 0 unspecified atom stereocenters. The molecular weight excluding hydrogens is 584 g/mol. The summed E-state index contributed by atoms with van der Waals surface area (Å²) in [6, 6.07) is 20.4. The molecule has 1 aromatic heterocycles. The predicted octanol–water partition coefficient (Wildman–Crippen LogP) is 3.81. The largest absolute Gasteiger partial charge is 0.508 e. The van der Waals surface area contributed by atoms with Gasteiger partial charge in [0.2, 0.25) is 11.8 Å². The summed E-state index contributed by atoms with van der Waals surface area (Å²) in [5, 5.41) is 16.8. The number of carbonyl (C=O) groups is 4. The molecule has 0 aliphatic carbocycles. The zero-order valence-corrected chi connectivity index (χ0v) is 25.6. The highest BCUT2D eigenvalue weighted by atomic mass is 16.3. The van der Waals surface area contributed by atoms with E-state index < -0.39 is 18.2 Å². The van der Waals surface area contributed by atoms with E-state index in [0.717, 1.165) is 27.6 Å². The van der Waals surface area contributed by atoms with Gasteiger partial charge in [-0.05, 0) is 35.7 Å². The highest BCUT2D eigenvalue weighted by Crippen LogP contribution is 2.31. The molecule has 0 radical (unpaired) electrons. The first-order valence-corrected chi connectivity index (χ1v) is 15.2. The van der Waals surface area contributed by atoms with E-state index in [4.69, 9.17) is 0 Å². The van der Waals surface area contributed by atoms with Crippen molar-refractivity contribution in [2.24, 2.45) is 0 Å². The number of nitrogens with one attached hydrogen (secondary N) is 2. The Bertz CT molecular complexity index is 1790. The van der Waals surface area contributed by atoms with Crippen LogP contribution in [0.3, 0.4) is 0 Å². The third-order valence-corrected chi connectivity index (χ3v) is 8.57. The fourth-order valence-corrected chi connectivity index (χ4v) is 6.40. The van der Waals surface area contributed by atoms with Crippen LogP contribution in [0.5, 0.6) is 5.75 Å². The molecule has 3 aromatic carbocycles. The van der Waals surface area contributed by atoms with Crippen LogP contribution in [0.4, 0.5) is 4.79 Å². The van der Waals surface area contributed by atoms with Gasteiger partial charge in [0, 0.05) is 43.2 Å². The quantitative estimate of drug-likeness (QED) is 0.193. The summed E-state index contributed by atoms with van der Waals surface area (Å²) in [6.07, 6.45) is 2.71. The molecule has 11 heteroatoms. The van der Waals surface area contributed by atoms with Gasteiger partial charge in [-0.2, -0.15) is 0 Å². The Morgan fingerprint density at radius 1 is 1.02 bits per heavy atom. The average molecular weight is 621 g/mol. The van der Waals surface area contributed by atoms with Crippen LogP contribution < -0.4 is 5.32 Å². The Kier molecular flexibility index (Phi) is 8.58. The highest BCUT2D eigenvalue weighted by Gasteiger charge is 2.51. The number of piperazine rings is 1. The van der Waals surface area contributed by atoms with Crippen molar-refractivity contribution in [2.75, 3.05) is 19.6 Å². The number of phenols is 1. The van der Waals surface area contributed by atoms with Crippen LogP contribution in [0, 0.1) is 0 Å². The summed E-state index contributed by atoms with van der Waals surface area (Å²) in [5.41, 5.74) is 3.81. The van der Waals surface area contributed by atoms with Crippen molar-refractivity contribution in [1.82, 2.24) is 30.1 Å². The lowest BCUT2D eigenvalue weighted by Crippen LogP contribution is -2.76. The van der Waals surface area contributed by atoms with Gasteiger partial charge in [0.05, 0.1) is 18.6 Å². The molecule has 11 nitrogen and oxygen atoms in total. The summed E-state index contributed by atoms with van der Waals surface area (Å²) in [5.74, 6) is -0.497. The molecule has 2 aliphatic rings. The summed E-state index contributed by atoms with van der Waals surface area (Å²) in [6.45, 7) is 6.05. The van der Waals surface area contributed by atoms with Gasteiger partial charge in [0.25, 0.3) is 0 Å². The highest BCUT2D eigenvalue weighted by molar-refractivity contribution is 6.07. The van der Waals surface area contributed by atoms with Crippen molar-refractivity contribution in [1.29, 1.82) is 0 Å². The molecule has 0 saturated carbocycles. The summed E-state index contributed by atoms with van der Waals surface area (Å²) < 4.78 is 0. The number of Topliss-reactive ketones (excluding diaryl/α,β-unsaturated/α-hetero) is 1. The number of nitrogens with zero attached hydrogens (tertiary/aromatic N) is 4. The number of para-hydroxylation sites is 1. The van der Waals surface area contributed by atoms with Crippen molar-refractivity contribution >= 4 is 34.5 Å². The molecule has 4 amide bonds. The first-order chi connectivity index (χ1) is 22.2. The third-order valence-electron chi connectivity index (χ3n) is 8.57. The fourth-order valence-electron chi connectivity index (χ4n) is 6.40. The van der Waals surface area contributed by atoms with Crippen LogP contribution >= 0.6 is 0 Å². The van der Waals surface area contributed by atoms with E-state index in [1.54, 1.807) is 51.5 Å². The number of H-pyrrole nitrogens is 1. The number of aromatic nitrogens is 1. The van der Waals surface area contributed by atoms with E-state index in [0.29, 0.717) is 5.56 Å². The van der Waals surface area contributed by atoms with Crippen molar-refractivity contribution in [3.8, 4) is 5.75 Å². The number of ketones is 1. The number of hydrazine groups is 1. The molecular formula is C35H36N6O5. The van der Waals surface area contributed by atoms with Gasteiger partial charge >= 0.3 is 6.03 Å². The van der Waals surface area contributed by atoms with E-state index >= 15 is 0 Å². The van der Waals surface area contributed by atoms with E-state index in [-0.39, 0.29) is 62.5 Å². The predicted molar refractivity (Wildman–Crippen MR) is 172 cm³/mol. The van der Waals surface area contributed by atoms with E-state index in [9.17, 15) is 24.3 Å². The molecule has 2 saturated heterocycles. The second-order valence-corrected chi connectivity index (χ2v) is 11.6. The molecule has 0 bridgehead atoms. The molecule has 0 spiro atoms. The van der Waals surface area contributed by atoms with E-state index in [1.165, 1.54) is 11.8 Å². The minimum absolute atomic E-state index is 0.0674. The Hall–Kier alpha value is -5.42. The van der Waals surface area contributed by atoms with E-state index in [1.807, 2.05) is 48.5 Å².